The average Bonchev–Trinajstić information content (AvgIpc) is 3.07. The predicted octanol–water partition coefficient (Wildman–Crippen LogP) is 5.24. The number of hydrogen-bond donors (Lipinski definition) is 3. The van der Waals surface area contributed by atoms with Crippen molar-refractivity contribution in [3.63, 3.8) is 0 Å². The van der Waals surface area contributed by atoms with E-state index in [1.54, 1.807) is 5.48 Å². The number of amides is 3. The second-order valence-electron chi connectivity index (χ2n) is 11.0. The summed E-state index contributed by atoms with van der Waals surface area (Å²) in [6.07, 6.45) is 3.97. The third-order valence-corrected chi connectivity index (χ3v) is 7.38. The van der Waals surface area contributed by atoms with Gasteiger partial charge in [0.05, 0.1) is 5.92 Å². The molecule has 0 radical (unpaired) electrons. The van der Waals surface area contributed by atoms with E-state index in [9.17, 15) is 19.6 Å². The van der Waals surface area contributed by atoms with Gasteiger partial charge in [-0.05, 0) is 67.7 Å². The zero-order valence-electron chi connectivity index (χ0n) is 23.2. The van der Waals surface area contributed by atoms with Gasteiger partial charge in [0, 0.05) is 19.0 Å². The summed E-state index contributed by atoms with van der Waals surface area (Å²) in [7, 11) is 0. The third kappa shape index (κ3) is 7.90. The Morgan fingerprint density at radius 2 is 1.76 bits per heavy atom. The van der Waals surface area contributed by atoms with E-state index in [-0.39, 0.29) is 17.7 Å². The molecular formula is C31H43N3O4. The molecule has 7 heteroatoms. The van der Waals surface area contributed by atoms with Crippen LogP contribution in [0.5, 0.6) is 0 Å². The maximum Gasteiger partial charge on any atom is 0.247 e. The van der Waals surface area contributed by atoms with Crippen molar-refractivity contribution < 1.29 is 19.6 Å². The molecule has 1 heterocycles. The van der Waals surface area contributed by atoms with E-state index < -0.39 is 23.8 Å². The fourth-order valence-electron chi connectivity index (χ4n) is 5.36. The van der Waals surface area contributed by atoms with Crippen molar-refractivity contribution in [3.05, 3.63) is 59.7 Å². The van der Waals surface area contributed by atoms with Gasteiger partial charge in [0.15, 0.2) is 0 Å². The number of aryl methyl sites for hydroxylation is 1. The normalized spacial score (nSPS) is 17.6. The van der Waals surface area contributed by atoms with Crippen LogP contribution in [0.15, 0.2) is 48.5 Å². The lowest BCUT2D eigenvalue weighted by Gasteiger charge is -2.29. The Morgan fingerprint density at radius 1 is 1.03 bits per heavy atom. The van der Waals surface area contributed by atoms with Crippen molar-refractivity contribution in [1.82, 2.24) is 15.7 Å². The number of carbonyl (C=O) groups is 3. The molecular weight excluding hydrogens is 478 g/mol. The van der Waals surface area contributed by atoms with E-state index >= 15 is 0 Å². The Labute approximate surface area is 227 Å². The number of nitrogens with one attached hydrogen (secondary N) is 2. The van der Waals surface area contributed by atoms with Crippen LogP contribution in [-0.4, -0.2) is 40.4 Å². The molecule has 2 aromatic rings. The molecule has 0 saturated carbocycles. The fourth-order valence-corrected chi connectivity index (χ4v) is 5.36. The second-order valence-corrected chi connectivity index (χ2v) is 11.0. The van der Waals surface area contributed by atoms with Crippen LogP contribution >= 0.6 is 0 Å². The minimum atomic E-state index is -0.645. The van der Waals surface area contributed by atoms with Gasteiger partial charge in [-0.3, -0.25) is 19.6 Å². The van der Waals surface area contributed by atoms with Crippen LogP contribution in [0.2, 0.25) is 0 Å². The first-order valence-corrected chi connectivity index (χ1v) is 13.9. The van der Waals surface area contributed by atoms with E-state index in [2.05, 4.69) is 48.6 Å². The van der Waals surface area contributed by atoms with Crippen LogP contribution < -0.4 is 10.8 Å². The Kier molecular flexibility index (Phi) is 10.9. The molecule has 3 atom stereocenters. The van der Waals surface area contributed by atoms with Crippen molar-refractivity contribution in [1.29, 1.82) is 0 Å². The summed E-state index contributed by atoms with van der Waals surface area (Å²) in [4.78, 5) is 41.4. The SMILES string of the molecule is CCC[C@H](C(=O)NO)[C@@H](CC(C)C)C(=O)N[C@H]1CCCCN(Cc2cccc(-c3ccc(C)cc3)c2)C1=O. The molecule has 1 aliphatic heterocycles. The highest BCUT2D eigenvalue weighted by Crippen LogP contribution is 2.27. The molecule has 2 aromatic carbocycles. The highest BCUT2D eigenvalue weighted by atomic mass is 16.5. The number of rotatable bonds is 11. The lowest BCUT2D eigenvalue weighted by atomic mass is 9.81. The van der Waals surface area contributed by atoms with Gasteiger partial charge in [-0.25, -0.2) is 5.48 Å². The molecule has 0 spiro atoms. The second kappa shape index (κ2) is 14.1. The van der Waals surface area contributed by atoms with Gasteiger partial charge in [0.2, 0.25) is 17.7 Å². The molecule has 7 nitrogen and oxygen atoms in total. The standard InChI is InChI=1S/C31H43N3O4/c1-5-9-26(30(36)33-38)27(18-21(2)3)29(35)32-28-12-6-7-17-34(31(28)37)20-23-10-8-11-25(19-23)24-15-13-22(4)14-16-24/h8,10-11,13-16,19,21,26-28,38H,5-7,9,12,17-18,20H2,1-4H3,(H,32,35)(H,33,36)/t26-,27+,28-/m0/s1. The van der Waals surface area contributed by atoms with Gasteiger partial charge in [0.1, 0.15) is 6.04 Å². The molecule has 3 amide bonds. The van der Waals surface area contributed by atoms with E-state index in [0.717, 1.165) is 29.5 Å². The van der Waals surface area contributed by atoms with Crippen LogP contribution in [0.4, 0.5) is 0 Å². The lowest BCUT2D eigenvalue weighted by molar-refractivity contribution is -0.143. The molecule has 0 aliphatic carbocycles. The van der Waals surface area contributed by atoms with Gasteiger partial charge in [0.25, 0.3) is 0 Å². The predicted molar refractivity (Wildman–Crippen MR) is 149 cm³/mol. The van der Waals surface area contributed by atoms with Crippen molar-refractivity contribution >= 4 is 17.7 Å². The maximum absolute atomic E-state index is 13.6. The molecule has 0 unspecified atom stereocenters. The lowest BCUT2D eigenvalue weighted by Crippen LogP contribution is -2.51. The molecule has 0 aromatic heterocycles. The van der Waals surface area contributed by atoms with Gasteiger partial charge in [-0.2, -0.15) is 0 Å². The van der Waals surface area contributed by atoms with Gasteiger partial charge >= 0.3 is 0 Å². The number of hydroxylamine groups is 1. The summed E-state index contributed by atoms with van der Waals surface area (Å²) < 4.78 is 0. The van der Waals surface area contributed by atoms with E-state index in [1.807, 2.05) is 37.8 Å². The monoisotopic (exact) mass is 521 g/mol. The van der Waals surface area contributed by atoms with Crippen LogP contribution in [-0.2, 0) is 20.9 Å². The summed E-state index contributed by atoms with van der Waals surface area (Å²) in [5, 5.41) is 12.3. The minimum absolute atomic E-state index is 0.0847. The van der Waals surface area contributed by atoms with Crippen LogP contribution in [0.1, 0.15) is 70.4 Å². The van der Waals surface area contributed by atoms with Crippen LogP contribution in [0.25, 0.3) is 11.1 Å². The zero-order valence-corrected chi connectivity index (χ0v) is 23.2. The molecule has 3 N–H and O–H groups in total. The average molecular weight is 522 g/mol. The number of likely N-dealkylation sites (tertiary alicyclic amines) is 1. The Hall–Kier alpha value is -3.19. The molecule has 3 rings (SSSR count). The number of carbonyl (C=O) groups excluding carboxylic acids is 3. The highest BCUT2D eigenvalue weighted by Gasteiger charge is 2.36. The number of hydrogen-bond acceptors (Lipinski definition) is 4. The van der Waals surface area contributed by atoms with Gasteiger partial charge in [-0.1, -0.05) is 75.2 Å². The van der Waals surface area contributed by atoms with Gasteiger partial charge < -0.3 is 10.2 Å². The quantitative estimate of drug-likeness (QED) is 0.278. The topological polar surface area (TPSA) is 98.7 Å². The van der Waals surface area contributed by atoms with Crippen molar-refractivity contribution in [2.24, 2.45) is 17.8 Å². The van der Waals surface area contributed by atoms with Crippen LogP contribution in [0.3, 0.4) is 0 Å². The first-order valence-electron chi connectivity index (χ1n) is 13.9. The molecule has 1 fully saturated rings. The first kappa shape index (κ1) is 29.4. The minimum Gasteiger partial charge on any atom is -0.344 e. The van der Waals surface area contributed by atoms with E-state index in [0.29, 0.717) is 38.8 Å². The summed E-state index contributed by atoms with van der Waals surface area (Å²) in [6.45, 7) is 9.14. The van der Waals surface area contributed by atoms with Gasteiger partial charge in [-0.15, -0.1) is 0 Å². The molecule has 38 heavy (non-hydrogen) atoms. The third-order valence-electron chi connectivity index (χ3n) is 7.38. The Balaban J connectivity index is 1.75. The number of benzene rings is 2. The zero-order chi connectivity index (χ0) is 27.7. The first-order chi connectivity index (χ1) is 18.2. The smallest absolute Gasteiger partial charge is 0.247 e. The highest BCUT2D eigenvalue weighted by molar-refractivity contribution is 5.91. The molecule has 206 valence electrons. The molecule has 0 bridgehead atoms. The fraction of sp³-hybridized carbons (Fsp3) is 0.516. The maximum atomic E-state index is 13.6. The van der Waals surface area contributed by atoms with E-state index in [1.165, 1.54) is 5.56 Å². The number of nitrogens with zero attached hydrogens (tertiary/aromatic N) is 1. The van der Waals surface area contributed by atoms with Crippen molar-refractivity contribution in [2.45, 2.75) is 78.8 Å². The summed E-state index contributed by atoms with van der Waals surface area (Å²) in [6, 6.07) is 16.0. The van der Waals surface area contributed by atoms with Crippen molar-refractivity contribution in [2.75, 3.05) is 6.54 Å². The summed E-state index contributed by atoms with van der Waals surface area (Å²) in [5.74, 6) is -2.00. The Bertz CT molecular complexity index is 1080. The van der Waals surface area contributed by atoms with E-state index in [4.69, 9.17) is 0 Å². The molecule has 1 saturated heterocycles. The van der Waals surface area contributed by atoms with Crippen molar-refractivity contribution in [3.8, 4) is 11.1 Å². The summed E-state index contributed by atoms with van der Waals surface area (Å²) in [5.41, 5.74) is 6.24. The molecule has 1 aliphatic rings. The van der Waals surface area contributed by atoms with Crippen LogP contribution in [0, 0.1) is 24.7 Å². The summed E-state index contributed by atoms with van der Waals surface area (Å²) >= 11 is 0. The Morgan fingerprint density at radius 3 is 2.42 bits per heavy atom. The largest absolute Gasteiger partial charge is 0.344 e.